The van der Waals surface area contributed by atoms with Gasteiger partial charge in [-0.15, -0.1) is 0 Å². The Hall–Kier alpha value is -0.800. The summed E-state index contributed by atoms with van der Waals surface area (Å²) in [4.78, 5) is 0. The van der Waals surface area contributed by atoms with E-state index in [1.165, 1.54) is 0 Å². The topological polar surface area (TPSA) is 37.2 Å². The highest BCUT2D eigenvalue weighted by molar-refractivity contribution is 5.04. The van der Waals surface area contributed by atoms with Crippen molar-refractivity contribution < 1.29 is 4.42 Å². The van der Waals surface area contributed by atoms with E-state index in [9.17, 15) is 0 Å². The highest BCUT2D eigenvalue weighted by Gasteiger charge is 2.06. The lowest BCUT2D eigenvalue weighted by Gasteiger charge is -2.20. The molecule has 0 saturated carbocycles. The summed E-state index contributed by atoms with van der Waals surface area (Å²) in [5.41, 5.74) is 0.220. The summed E-state index contributed by atoms with van der Waals surface area (Å²) in [7, 11) is 0. The first kappa shape index (κ1) is 13.3. The van der Waals surface area contributed by atoms with Crippen LogP contribution in [0.4, 0.5) is 0 Å². The maximum Gasteiger partial charge on any atom is 0.117 e. The monoisotopic (exact) mass is 224 g/mol. The van der Waals surface area contributed by atoms with E-state index in [1.54, 1.807) is 0 Å². The van der Waals surface area contributed by atoms with Gasteiger partial charge in [0.15, 0.2) is 0 Å². The average Bonchev–Trinajstić information content (AvgIpc) is 2.56. The molecule has 1 rings (SSSR count). The Morgan fingerprint density at radius 3 is 2.50 bits per heavy atom. The van der Waals surface area contributed by atoms with Crippen LogP contribution in [0.25, 0.3) is 0 Å². The first-order valence-corrected chi connectivity index (χ1v) is 5.98. The molecule has 0 amide bonds. The van der Waals surface area contributed by atoms with Gasteiger partial charge in [-0.2, -0.15) is 0 Å². The van der Waals surface area contributed by atoms with Crippen LogP contribution in [-0.2, 0) is 6.54 Å². The molecular formula is C13H24N2O. The predicted octanol–water partition coefficient (Wildman–Crippen LogP) is 2.46. The molecule has 2 N–H and O–H groups in total. The second kappa shape index (κ2) is 6.06. The van der Waals surface area contributed by atoms with E-state index >= 15 is 0 Å². The molecule has 0 atom stereocenters. The predicted molar refractivity (Wildman–Crippen MR) is 67.5 cm³/mol. The number of nitrogens with one attached hydrogen (secondary N) is 2. The van der Waals surface area contributed by atoms with Gasteiger partial charge in [-0.25, -0.2) is 0 Å². The fourth-order valence-electron chi connectivity index (χ4n) is 1.47. The van der Waals surface area contributed by atoms with E-state index in [4.69, 9.17) is 4.42 Å². The lowest BCUT2D eigenvalue weighted by molar-refractivity contribution is 0.413. The maximum absolute atomic E-state index is 5.47. The van der Waals surface area contributed by atoms with Crippen molar-refractivity contribution in [3.8, 4) is 0 Å². The van der Waals surface area contributed by atoms with Gasteiger partial charge >= 0.3 is 0 Å². The molecule has 0 unspecified atom stereocenters. The summed E-state index contributed by atoms with van der Waals surface area (Å²) in [5, 5.41) is 6.83. The minimum absolute atomic E-state index is 0.220. The average molecular weight is 224 g/mol. The Morgan fingerprint density at radius 1 is 1.19 bits per heavy atom. The van der Waals surface area contributed by atoms with Crippen LogP contribution >= 0.6 is 0 Å². The molecule has 3 nitrogen and oxygen atoms in total. The molecule has 0 saturated heterocycles. The largest absolute Gasteiger partial charge is 0.465 e. The van der Waals surface area contributed by atoms with E-state index in [-0.39, 0.29) is 5.54 Å². The molecule has 3 heteroatoms. The molecule has 0 fully saturated rings. The first-order chi connectivity index (χ1) is 7.47. The van der Waals surface area contributed by atoms with E-state index in [0.29, 0.717) is 0 Å². The van der Waals surface area contributed by atoms with Gasteiger partial charge < -0.3 is 15.1 Å². The lowest BCUT2D eigenvalue weighted by Crippen LogP contribution is -2.37. The third-order valence-corrected chi connectivity index (χ3v) is 2.28. The second-order valence-corrected chi connectivity index (χ2v) is 5.22. The van der Waals surface area contributed by atoms with Crippen LogP contribution in [0.5, 0.6) is 0 Å². The summed E-state index contributed by atoms with van der Waals surface area (Å²) >= 11 is 0. The van der Waals surface area contributed by atoms with Gasteiger partial charge in [0.1, 0.15) is 11.5 Å². The quantitative estimate of drug-likeness (QED) is 0.729. The molecule has 0 radical (unpaired) electrons. The lowest BCUT2D eigenvalue weighted by atomic mass is 10.1. The molecule has 0 aromatic carbocycles. The molecule has 0 aliphatic carbocycles. The summed E-state index contributed by atoms with van der Waals surface area (Å²) < 4.78 is 5.47. The van der Waals surface area contributed by atoms with Crippen molar-refractivity contribution in [2.24, 2.45) is 0 Å². The SMILES string of the molecule is Cc1ccc(CNCCCNC(C)(C)C)o1. The third-order valence-electron chi connectivity index (χ3n) is 2.28. The first-order valence-electron chi connectivity index (χ1n) is 5.98. The highest BCUT2D eigenvalue weighted by atomic mass is 16.3. The van der Waals surface area contributed by atoms with Crippen molar-refractivity contribution >= 4 is 0 Å². The molecular weight excluding hydrogens is 200 g/mol. The smallest absolute Gasteiger partial charge is 0.117 e. The molecule has 0 aliphatic heterocycles. The summed E-state index contributed by atoms with van der Waals surface area (Å²) in [6, 6.07) is 4.02. The molecule has 1 aromatic heterocycles. The molecule has 1 aromatic rings. The van der Waals surface area contributed by atoms with E-state index < -0.39 is 0 Å². The fourth-order valence-corrected chi connectivity index (χ4v) is 1.47. The normalized spacial score (nSPS) is 12.0. The van der Waals surface area contributed by atoms with Crippen molar-refractivity contribution in [3.05, 3.63) is 23.7 Å². The van der Waals surface area contributed by atoms with Gasteiger partial charge in [0, 0.05) is 5.54 Å². The van der Waals surface area contributed by atoms with Crippen molar-refractivity contribution in [3.63, 3.8) is 0 Å². The Morgan fingerprint density at radius 2 is 1.94 bits per heavy atom. The third kappa shape index (κ3) is 5.93. The van der Waals surface area contributed by atoms with Crippen molar-refractivity contribution in [2.45, 2.75) is 46.2 Å². The van der Waals surface area contributed by atoms with Crippen LogP contribution in [0.2, 0.25) is 0 Å². The fraction of sp³-hybridized carbons (Fsp3) is 0.692. The van der Waals surface area contributed by atoms with Gasteiger partial charge in [-0.3, -0.25) is 0 Å². The van der Waals surface area contributed by atoms with Crippen molar-refractivity contribution in [1.82, 2.24) is 10.6 Å². The van der Waals surface area contributed by atoms with E-state index in [2.05, 4.69) is 31.4 Å². The Kier molecular flexibility index (Phi) is 5.03. The van der Waals surface area contributed by atoms with E-state index in [0.717, 1.165) is 37.6 Å². The van der Waals surface area contributed by atoms with Gasteiger partial charge in [0.05, 0.1) is 6.54 Å². The van der Waals surface area contributed by atoms with Crippen LogP contribution in [0.15, 0.2) is 16.5 Å². The summed E-state index contributed by atoms with van der Waals surface area (Å²) in [6.45, 7) is 11.4. The van der Waals surface area contributed by atoms with Gasteiger partial charge in [0.2, 0.25) is 0 Å². The van der Waals surface area contributed by atoms with Crippen molar-refractivity contribution in [1.29, 1.82) is 0 Å². The number of rotatable bonds is 6. The number of hydrogen-bond acceptors (Lipinski definition) is 3. The van der Waals surface area contributed by atoms with Crippen LogP contribution in [0.3, 0.4) is 0 Å². The van der Waals surface area contributed by atoms with Gasteiger partial charge in [-0.1, -0.05) is 0 Å². The minimum Gasteiger partial charge on any atom is -0.465 e. The van der Waals surface area contributed by atoms with Crippen molar-refractivity contribution in [2.75, 3.05) is 13.1 Å². The Bertz CT molecular complexity index is 299. The highest BCUT2D eigenvalue weighted by Crippen LogP contribution is 2.05. The summed E-state index contributed by atoms with van der Waals surface area (Å²) in [6.07, 6.45) is 1.14. The Balaban J connectivity index is 2.00. The second-order valence-electron chi connectivity index (χ2n) is 5.22. The van der Waals surface area contributed by atoms with Gasteiger partial charge in [-0.05, 0) is 59.3 Å². The zero-order valence-electron chi connectivity index (χ0n) is 10.9. The zero-order valence-corrected chi connectivity index (χ0v) is 10.9. The minimum atomic E-state index is 0.220. The molecule has 0 spiro atoms. The van der Waals surface area contributed by atoms with Crippen LogP contribution in [0.1, 0.15) is 38.7 Å². The standard InChI is InChI=1S/C13H24N2O/c1-11-6-7-12(16-11)10-14-8-5-9-15-13(2,3)4/h6-7,14-15H,5,8-10H2,1-4H3. The molecule has 16 heavy (non-hydrogen) atoms. The maximum atomic E-state index is 5.47. The molecule has 1 heterocycles. The number of furan rings is 1. The van der Waals surface area contributed by atoms with Gasteiger partial charge in [0.25, 0.3) is 0 Å². The Labute approximate surface area is 98.6 Å². The molecule has 0 bridgehead atoms. The van der Waals surface area contributed by atoms with E-state index in [1.807, 2.05) is 19.1 Å². The number of hydrogen-bond donors (Lipinski definition) is 2. The summed E-state index contributed by atoms with van der Waals surface area (Å²) in [5.74, 6) is 1.99. The van der Waals surface area contributed by atoms with Crippen LogP contribution in [0, 0.1) is 6.92 Å². The molecule has 92 valence electrons. The van der Waals surface area contributed by atoms with Crippen LogP contribution in [-0.4, -0.2) is 18.6 Å². The molecule has 0 aliphatic rings. The zero-order chi connectivity index (χ0) is 12.0. The van der Waals surface area contributed by atoms with Crippen LogP contribution < -0.4 is 10.6 Å². The number of aryl methyl sites for hydroxylation is 1.